The Kier molecular flexibility index (Phi) is 6.25. The molecular weight excluding hydrogens is 240 g/mol. The average molecular weight is 266 g/mol. The molecule has 1 rings (SSSR count). The smallest absolute Gasteiger partial charge is 0.213 e. The number of aryl methyl sites for hydroxylation is 1. The fraction of sp³-hybridized carbons (Fsp3) is 0.667. The van der Waals surface area contributed by atoms with Crippen LogP contribution >= 0.6 is 0 Å². The summed E-state index contributed by atoms with van der Waals surface area (Å²) in [5.41, 5.74) is 2.12. The standard InChI is InChI=1S/C15H26N2O2/c1-6-13-9-12(11-16-5)10-14(17-13)18-7-8-19-15(2,3)4/h9-10,16H,6-8,11H2,1-5H3. The third-order valence-corrected chi connectivity index (χ3v) is 2.53. The molecule has 0 saturated carbocycles. The minimum atomic E-state index is -0.126. The van der Waals surface area contributed by atoms with Crippen LogP contribution in [0.3, 0.4) is 0 Å². The van der Waals surface area contributed by atoms with Crippen molar-refractivity contribution in [2.24, 2.45) is 0 Å². The summed E-state index contributed by atoms with van der Waals surface area (Å²) in [6.45, 7) is 10.1. The molecule has 0 atom stereocenters. The maximum Gasteiger partial charge on any atom is 0.213 e. The zero-order valence-electron chi connectivity index (χ0n) is 12.7. The van der Waals surface area contributed by atoms with Crippen molar-refractivity contribution in [2.75, 3.05) is 20.3 Å². The van der Waals surface area contributed by atoms with Gasteiger partial charge in [-0.2, -0.15) is 0 Å². The van der Waals surface area contributed by atoms with Gasteiger partial charge in [0, 0.05) is 18.3 Å². The highest BCUT2D eigenvalue weighted by molar-refractivity contribution is 5.25. The Morgan fingerprint density at radius 2 is 1.95 bits per heavy atom. The molecule has 0 aliphatic carbocycles. The molecule has 0 bridgehead atoms. The Hall–Kier alpha value is -1.13. The second-order valence-electron chi connectivity index (χ2n) is 5.50. The predicted molar refractivity (Wildman–Crippen MR) is 77.6 cm³/mol. The monoisotopic (exact) mass is 266 g/mol. The molecule has 4 heteroatoms. The normalized spacial score (nSPS) is 11.6. The lowest BCUT2D eigenvalue weighted by Crippen LogP contribution is -2.22. The Labute approximate surface area is 116 Å². The lowest BCUT2D eigenvalue weighted by Gasteiger charge is -2.19. The summed E-state index contributed by atoms with van der Waals surface area (Å²) in [7, 11) is 1.93. The molecule has 0 aliphatic heterocycles. The van der Waals surface area contributed by atoms with Gasteiger partial charge in [-0.1, -0.05) is 6.92 Å². The Balaban J connectivity index is 2.54. The van der Waals surface area contributed by atoms with E-state index in [2.05, 4.69) is 23.3 Å². The molecule has 108 valence electrons. The quantitative estimate of drug-likeness (QED) is 0.770. The summed E-state index contributed by atoms with van der Waals surface area (Å²) < 4.78 is 11.3. The third-order valence-electron chi connectivity index (χ3n) is 2.53. The number of hydrogen-bond donors (Lipinski definition) is 1. The van der Waals surface area contributed by atoms with Gasteiger partial charge >= 0.3 is 0 Å². The van der Waals surface area contributed by atoms with Crippen LogP contribution in [0.1, 0.15) is 39.0 Å². The molecule has 1 aromatic heterocycles. The highest BCUT2D eigenvalue weighted by atomic mass is 16.5. The van der Waals surface area contributed by atoms with Gasteiger partial charge in [-0.25, -0.2) is 4.98 Å². The summed E-state index contributed by atoms with van der Waals surface area (Å²) in [5.74, 6) is 0.683. The number of pyridine rings is 1. The SMILES string of the molecule is CCc1cc(CNC)cc(OCCOC(C)(C)C)n1. The van der Waals surface area contributed by atoms with Gasteiger partial charge in [-0.3, -0.25) is 0 Å². The first-order valence-corrected chi connectivity index (χ1v) is 6.86. The second-order valence-corrected chi connectivity index (χ2v) is 5.50. The van der Waals surface area contributed by atoms with Crippen molar-refractivity contribution in [3.8, 4) is 5.88 Å². The van der Waals surface area contributed by atoms with Crippen molar-refractivity contribution in [3.63, 3.8) is 0 Å². The van der Waals surface area contributed by atoms with Crippen LogP contribution in [0.25, 0.3) is 0 Å². The van der Waals surface area contributed by atoms with E-state index in [4.69, 9.17) is 9.47 Å². The molecule has 0 aromatic carbocycles. The van der Waals surface area contributed by atoms with Crippen LogP contribution in [-0.2, 0) is 17.7 Å². The number of nitrogens with zero attached hydrogens (tertiary/aromatic N) is 1. The number of hydrogen-bond acceptors (Lipinski definition) is 4. The van der Waals surface area contributed by atoms with E-state index < -0.39 is 0 Å². The molecule has 1 N–H and O–H groups in total. The van der Waals surface area contributed by atoms with E-state index >= 15 is 0 Å². The molecule has 1 heterocycles. The van der Waals surface area contributed by atoms with Gasteiger partial charge in [0.1, 0.15) is 6.61 Å². The van der Waals surface area contributed by atoms with Crippen molar-refractivity contribution in [3.05, 3.63) is 23.4 Å². The van der Waals surface area contributed by atoms with E-state index in [-0.39, 0.29) is 5.60 Å². The van der Waals surface area contributed by atoms with Gasteiger partial charge in [0.15, 0.2) is 0 Å². The minimum Gasteiger partial charge on any atom is -0.475 e. The minimum absolute atomic E-state index is 0.126. The van der Waals surface area contributed by atoms with Crippen molar-refractivity contribution in [2.45, 2.75) is 46.3 Å². The Morgan fingerprint density at radius 3 is 2.53 bits per heavy atom. The van der Waals surface area contributed by atoms with Gasteiger partial charge in [0.2, 0.25) is 5.88 Å². The van der Waals surface area contributed by atoms with Gasteiger partial charge in [-0.15, -0.1) is 0 Å². The fourth-order valence-corrected chi connectivity index (χ4v) is 1.68. The van der Waals surface area contributed by atoms with Gasteiger partial charge < -0.3 is 14.8 Å². The first-order valence-electron chi connectivity index (χ1n) is 6.86. The van der Waals surface area contributed by atoms with E-state index in [1.807, 2.05) is 33.9 Å². The van der Waals surface area contributed by atoms with Crippen LogP contribution in [0.5, 0.6) is 5.88 Å². The van der Waals surface area contributed by atoms with E-state index in [9.17, 15) is 0 Å². The van der Waals surface area contributed by atoms with Crippen molar-refractivity contribution in [1.29, 1.82) is 0 Å². The Bertz CT molecular complexity index is 386. The molecule has 19 heavy (non-hydrogen) atoms. The van der Waals surface area contributed by atoms with E-state index in [1.165, 1.54) is 5.56 Å². The number of rotatable bonds is 7. The van der Waals surface area contributed by atoms with Crippen LogP contribution in [0.2, 0.25) is 0 Å². The molecule has 0 amide bonds. The second kappa shape index (κ2) is 7.46. The molecule has 1 aromatic rings. The van der Waals surface area contributed by atoms with Gasteiger partial charge in [-0.05, 0) is 45.9 Å². The molecule has 0 aliphatic rings. The topological polar surface area (TPSA) is 43.4 Å². The van der Waals surface area contributed by atoms with Gasteiger partial charge in [0.05, 0.1) is 12.2 Å². The molecule has 0 saturated heterocycles. The van der Waals surface area contributed by atoms with Gasteiger partial charge in [0.25, 0.3) is 0 Å². The van der Waals surface area contributed by atoms with Crippen LogP contribution < -0.4 is 10.1 Å². The third kappa shape index (κ3) is 6.55. The first-order chi connectivity index (χ1) is 8.94. The molecule has 0 fully saturated rings. The highest BCUT2D eigenvalue weighted by Gasteiger charge is 2.09. The zero-order valence-corrected chi connectivity index (χ0v) is 12.7. The number of nitrogens with one attached hydrogen (secondary N) is 1. The number of ether oxygens (including phenoxy) is 2. The largest absolute Gasteiger partial charge is 0.475 e. The summed E-state index contributed by atoms with van der Waals surface area (Å²) in [6, 6.07) is 4.09. The average Bonchev–Trinajstić information content (AvgIpc) is 2.34. The molecular formula is C15H26N2O2. The molecule has 0 unspecified atom stereocenters. The van der Waals surface area contributed by atoms with Crippen molar-refractivity contribution in [1.82, 2.24) is 10.3 Å². The van der Waals surface area contributed by atoms with Crippen molar-refractivity contribution < 1.29 is 9.47 Å². The van der Waals surface area contributed by atoms with Crippen LogP contribution in [0.15, 0.2) is 12.1 Å². The number of aromatic nitrogens is 1. The molecule has 4 nitrogen and oxygen atoms in total. The first kappa shape index (κ1) is 15.9. The maximum absolute atomic E-state index is 5.67. The van der Waals surface area contributed by atoms with E-state index in [0.29, 0.717) is 19.1 Å². The van der Waals surface area contributed by atoms with Crippen LogP contribution in [0.4, 0.5) is 0 Å². The summed E-state index contributed by atoms with van der Waals surface area (Å²) in [4.78, 5) is 4.46. The molecule has 0 spiro atoms. The maximum atomic E-state index is 5.67. The Morgan fingerprint density at radius 1 is 1.21 bits per heavy atom. The highest BCUT2D eigenvalue weighted by Crippen LogP contribution is 2.14. The summed E-state index contributed by atoms with van der Waals surface area (Å²) in [6.07, 6.45) is 0.909. The summed E-state index contributed by atoms with van der Waals surface area (Å²) >= 11 is 0. The van der Waals surface area contributed by atoms with Crippen LogP contribution in [0, 0.1) is 0 Å². The summed E-state index contributed by atoms with van der Waals surface area (Å²) in [5, 5.41) is 3.14. The van der Waals surface area contributed by atoms with Crippen LogP contribution in [-0.4, -0.2) is 30.8 Å². The lowest BCUT2D eigenvalue weighted by molar-refractivity contribution is -0.0168. The van der Waals surface area contributed by atoms with E-state index in [1.54, 1.807) is 0 Å². The lowest BCUT2D eigenvalue weighted by atomic mass is 10.2. The zero-order chi connectivity index (χ0) is 14.3. The predicted octanol–water partition coefficient (Wildman–Crippen LogP) is 2.56. The molecule has 0 radical (unpaired) electrons. The van der Waals surface area contributed by atoms with Crippen molar-refractivity contribution >= 4 is 0 Å². The van der Waals surface area contributed by atoms with E-state index in [0.717, 1.165) is 18.7 Å². The fourth-order valence-electron chi connectivity index (χ4n) is 1.68.